The van der Waals surface area contributed by atoms with Gasteiger partial charge in [0, 0.05) is 17.6 Å². The molecule has 0 saturated heterocycles. The number of carbonyl (C=O) groups excluding carboxylic acids is 1. The summed E-state index contributed by atoms with van der Waals surface area (Å²) >= 11 is 3.45. The molecule has 0 bridgehead atoms. The lowest BCUT2D eigenvalue weighted by Gasteiger charge is -2.21. The molecule has 2 rings (SSSR count). The monoisotopic (exact) mass is 335 g/mol. The summed E-state index contributed by atoms with van der Waals surface area (Å²) in [5.41, 5.74) is 0. The van der Waals surface area contributed by atoms with Crippen LogP contribution < -0.4 is 4.74 Å². The molecule has 0 N–H and O–H groups in total. The third-order valence-corrected chi connectivity index (χ3v) is 3.80. The Bertz CT molecular complexity index is 625. The van der Waals surface area contributed by atoms with Crippen LogP contribution in [0.4, 0.5) is 0 Å². The van der Waals surface area contributed by atoms with Crippen molar-refractivity contribution < 1.29 is 9.53 Å². The van der Waals surface area contributed by atoms with Crippen LogP contribution >= 0.6 is 15.9 Å². The van der Waals surface area contributed by atoms with Crippen LogP contribution in [0.2, 0.25) is 0 Å². The first-order valence-corrected chi connectivity index (χ1v) is 7.34. The highest BCUT2D eigenvalue weighted by Crippen LogP contribution is 2.24. The molecule has 0 unspecified atom stereocenters. The summed E-state index contributed by atoms with van der Waals surface area (Å²) < 4.78 is 6.62. The van der Waals surface area contributed by atoms with Crippen molar-refractivity contribution in [2.24, 2.45) is 0 Å². The van der Waals surface area contributed by atoms with Crippen LogP contribution in [0.1, 0.15) is 13.8 Å². The standard InChI is InChI=1S/C16H18BrNO2/c1-11(2)18(3)16(19)10-20-15-7-5-12-8-14(17)6-4-13(12)9-15/h4-9,11H,10H2,1-3H3. The predicted octanol–water partition coefficient (Wildman–Crippen LogP) is 3.85. The Morgan fingerprint density at radius 2 is 1.85 bits per heavy atom. The molecule has 4 heteroatoms. The van der Waals surface area contributed by atoms with Gasteiger partial charge < -0.3 is 9.64 Å². The van der Waals surface area contributed by atoms with Gasteiger partial charge in [0.1, 0.15) is 5.75 Å². The van der Waals surface area contributed by atoms with Crippen LogP contribution in [-0.2, 0) is 4.79 Å². The number of benzene rings is 2. The summed E-state index contributed by atoms with van der Waals surface area (Å²) in [6.07, 6.45) is 0. The van der Waals surface area contributed by atoms with E-state index in [1.54, 1.807) is 11.9 Å². The summed E-state index contributed by atoms with van der Waals surface area (Å²) in [5, 5.41) is 2.23. The number of nitrogens with zero attached hydrogens (tertiary/aromatic N) is 1. The van der Waals surface area contributed by atoms with Crippen LogP contribution in [-0.4, -0.2) is 30.5 Å². The molecular weight excluding hydrogens is 318 g/mol. The zero-order valence-electron chi connectivity index (χ0n) is 11.9. The van der Waals surface area contributed by atoms with Gasteiger partial charge in [0.15, 0.2) is 6.61 Å². The van der Waals surface area contributed by atoms with Crippen LogP contribution in [0.25, 0.3) is 10.8 Å². The Morgan fingerprint density at radius 1 is 1.20 bits per heavy atom. The number of likely N-dealkylation sites (N-methyl/N-ethyl adjacent to an activating group) is 1. The number of fused-ring (bicyclic) bond motifs is 1. The van der Waals surface area contributed by atoms with Gasteiger partial charge in [-0.1, -0.05) is 28.1 Å². The average Bonchev–Trinajstić information content (AvgIpc) is 2.43. The number of halogens is 1. The minimum Gasteiger partial charge on any atom is -0.484 e. The molecule has 0 radical (unpaired) electrons. The first-order chi connectivity index (χ1) is 9.47. The quantitative estimate of drug-likeness (QED) is 0.849. The van der Waals surface area contributed by atoms with Crippen molar-refractivity contribution in [1.29, 1.82) is 0 Å². The van der Waals surface area contributed by atoms with Gasteiger partial charge in [-0.2, -0.15) is 0 Å². The van der Waals surface area contributed by atoms with Crippen LogP contribution in [0.15, 0.2) is 40.9 Å². The van der Waals surface area contributed by atoms with Gasteiger partial charge >= 0.3 is 0 Å². The van der Waals surface area contributed by atoms with Gasteiger partial charge in [-0.3, -0.25) is 4.79 Å². The summed E-state index contributed by atoms with van der Waals surface area (Å²) in [6, 6.07) is 12.1. The van der Waals surface area contributed by atoms with Gasteiger partial charge in [0.05, 0.1) is 0 Å². The minimum atomic E-state index is -0.0177. The largest absolute Gasteiger partial charge is 0.484 e. The summed E-state index contributed by atoms with van der Waals surface area (Å²) in [4.78, 5) is 13.5. The maximum Gasteiger partial charge on any atom is 0.260 e. The lowest BCUT2D eigenvalue weighted by molar-refractivity contribution is -0.133. The maximum absolute atomic E-state index is 11.9. The fraction of sp³-hybridized carbons (Fsp3) is 0.312. The Kier molecular flexibility index (Phi) is 4.65. The van der Waals surface area contributed by atoms with Crippen molar-refractivity contribution in [1.82, 2.24) is 4.90 Å². The van der Waals surface area contributed by atoms with E-state index in [1.165, 1.54) is 0 Å². The van der Waals surface area contributed by atoms with E-state index in [1.807, 2.05) is 44.2 Å². The highest BCUT2D eigenvalue weighted by atomic mass is 79.9. The van der Waals surface area contributed by atoms with Gasteiger partial charge in [-0.05, 0) is 48.9 Å². The molecule has 20 heavy (non-hydrogen) atoms. The van der Waals surface area contributed by atoms with Crippen molar-refractivity contribution in [3.63, 3.8) is 0 Å². The lowest BCUT2D eigenvalue weighted by atomic mass is 10.1. The summed E-state index contributed by atoms with van der Waals surface area (Å²) in [5.74, 6) is 0.696. The van der Waals surface area contributed by atoms with Crippen LogP contribution in [0.5, 0.6) is 5.75 Å². The number of ether oxygens (including phenoxy) is 1. The molecule has 1 amide bonds. The maximum atomic E-state index is 11.9. The molecule has 2 aromatic rings. The topological polar surface area (TPSA) is 29.5 Å². The minimum absolute atomic E-state index is 0.0177. The van der Waals surface area contributed by atoms with E-state index >= 15 is 0 Å². The second-order valence-electron chi connectivity index (χ2n) is 5.04. The van der Waals surface area contributed by atoms with E-state index in [0.717, 1.165) is 15.2 Å². The van der Waals surface area contributed by atoms with Crippen LogP contribution in [0, 0.1) is 0 Å². The number of rotatable bonds is 4. The lowest BCUT2D eigenvalue weighted by Crippen LogP contribution is -2.36. The van der Waals surface area contributed by atoms with E-state index in [2.05, 4.69) is 22.0 Å². The van der Waals surface area contributed by atoms with Crippen molar-refractivity contribution in [3.8, 4) is 5.75 Å². The summed E-state index contributed by atoms with van der Waals surface area (Å²) in [6.45, 7) is 4.02. The van der Waals surface area contributed by atoms with Gasteiger partial charge in [-0.25, -0.2) is 0 Å². The third-order valence-electron chi connectivity index (χ3n) is 3.30. The van der Waals surface area contributed by atoms with Gasteiger partial charge in [0.25, 0.3) is 5.91 Å². The van der Waals surface area contributed by atoms with E-state index in [4.69, 9.17) is 4.74 Å². The first kappa shape index (κ1) is 14.9. The fourth-order valence-electron chi connectivity index (χ4n) is 1.82. The molecule has 0 fully saturated rings. The molecule has 0 saturated carbocycles. The Labute approximate surface area is 127 Å². The predicted molar refractivity (Wildman–Crippen MR) is 85.0 cm³/mol. The molecule has 2 aromatic carbocycles. The number of hydrogen-bond acceptors (Lipinski definition) is 2. The fourth-order valence-corrected chi connectivity index (χ4v) is 2.20. The zero-order valence-corrected chi connectivity index (χ0v) is 13.5. The van der Waals surface area contributed by atoms with E-state index in [-0.39, 0.29) is 18.6 Å². The van der Waals surface area contributed by atoms with Crippen molar-refractivity contribution in [2.75, 3.05) is 13.7 Å². The first-order valence-electron chi connectivity index (χ1n) is 6.55. The molecule has 0 heterocycles. The smallest absolute Gasteiger partial charge is 0.260 e. The second-order valence-corrected chi connectivity index (χ2v) is 5.96. The second kappa shape index (κ2) is 6.27. The average molecular weight is 336 g/mol. The van der Waals surface area contributed by atoms with Crippen molar-refractivity contribution >= 4 is 32.6 Å². The summed E-state index contributed by atoms with van der Waals surface area (Å²) in [7, 11) is 1.79. The number of hydrogen-bond donors (Lipinski definition) is 0. The van der Waals surface area contributed by atoms with E-state index < -0.39 is 0 Å². The number of amides is 1. The normalized spacial score (nSPS) is 10.8. The van der Waals surface area contributed by atoms with Crippen molar-refractivity contribution in [3.05, 3.63) is 40.9 Å². The molecule has 106 valence electrons. The van der Waals surface area contributed by atoms with Gasteiger partial charge in [-0.15, -0.1) is 0 Å². The third kappa shape index (κ3) is 3.51. The Morgan fingerprint density at radius 3 is 2.55 bits per heavy atom. The molecule has 0 aliphatic rings. The highest BCUT2D eigenvalue weighted by Gasteiger charge is 2.12. The Balaban J connectivity index is 2.07. The Hall–Kier alpha value is -1.55. The molecule has 3 nitrogen and oxygen atoms in total. The van der Waals surface area contributed by atoms with Gasteiger partial charge in [0.2, 0.25) is 0 Å². The number of carbonyl (C=O) groups is 1. The molecule has 0 aliphatic heterocycles. The SMILES string of the molecule is CC(C)N(C)C(=O)COc1ccc2cc(Br)ccc2c1. The van der Waals surface area contributed by atoms with Crippen LogP contribution in [0.3, 0.4) is 0 Å². The van der Waals surface area contributed by atoms with E-state index in [9.17, 15) is 4.79 Å². The molecule has 0 spiro atoms. The molecule has 0 aliphatic carbocycles. The van der Waals surface area contributed by atoms with Crippen molar-refractivity contribution in [2.45, 2.75) is 19.9 Å². The zero-order chi connectivity index (χ0) is 14.7. The van der Waals surface area contributed by atoms with E-state index in [0.29, 0.717) is 5.75 Å². The highest BCUT2D eigenvalue weighted by molar-refractivity contribution is 9.10. The molecular formula is C16H18BrNO2. The molecule has 0 aromatic heterocycles. The molecule has 0 atom stereocenters.